The van der Waals surface area contributed by atoms with Gasteiger partial charge in [0.05, 0.1) is 38.4 Å². The van der Waals surface area contributed by atoms with E-state index in [4.69, 9.17) is 30.5 Å². The molecule has 2 N–H and O–H groups in total. The molecule has 0 unspecified atom stereocenters. The molecule has 0 bridgehead atoms. The van der Waals surface area contributed by atoms with Crippen molar-refractivity contribution in [3.05, 3.63) is 63.0 Å². The van der Waals surface area contributed by atoms with Gasteiger partial charge in [-0.15, -0.1) is 11.3 Å². The summed E-state index contributed by atoms with van der Waals surface area (Å²) in [5, 5.41) is 6.19. The number of carbonyl (C=O) groups is 3. The van der Waals surface area contributed by atoms with E-state index in [0.29, 0.717) is 22.0 Å². The second kappa shape index (κ2) is 11.8. The van der Waals surface area contributed by atoms with Crippen LogP contribution >= 0.6 is 22.9 Å². The van der Waals surface area contributed by atoms with Crippen molar-refractivity contribution in [1.82, 2.24) is 0 Å². The Kier molecular flexibility index (Phi) is 8.78. The number of esters is 1. The lowest BCUT2D eigenvalue weighted by Crippen LogP contribution is -2.15. The summed E-state index contributed by atoms with van der Waals surface area (Å²) < 4.78 is 21.1. The summed E-state index contributed by atoms with van der Waals surface area (Å²) in [6.07, 6.45) is 0. The van der Waals surface area contributed by atoms with Crippen LogP contribution in [-0.2, 0) is 4.74 Å². The molecular formula is C25H25ClN2O7S. The van der Waals surface area contributed by atoms with Gasteiger partial charge in [-0.1, -0.05) is 11.6 Å². The second-order valence-electron chi connectivity index (χ2n) is 7.31. The van der Waals surface area contributed by atoms with Gasteiger partial charge < -0.3 is 29.6 Å². The van der Waals surface area contributed by atoms with Crippen LogP contribution < -0.4 is 24.8 Å². The van der Waals surface area contributed by atoms with Crippen molar-refractivity contribution in [2.45, 2.75) is 13.8 Å². The lowest BCUT2D eigenvalue weighted by Gasteiger charge is -2.14. The van der Waals surface area contributed by atoms with Gasteiger partial charge >= 0.3 is 5.97 Å². The van der Waals surface area contributed by atoms with Crippen molar-refractivity contribution in [3.63, 3.8) is 0 Å². The van der Waals surface area contributed by atoms with E-state index in [1.54, 1.807) is 38.1 Å². The summed E-state index contributed by atoms with van der Waals surface area (Å²) in [5.74, 6) is -0.741. The first kappa shape index (κ1) is 26.8. The zero-order valence-electron chi connectivity index (χ0n) is 20.3. The molecule has 2 amide bonds. The SMILES string of the molecule is CCOC(=O)c1c(NC(=O)c2cc(OC)c(OC)c(OC)c2)sc(C(=O)Nc2ccc(Cl)cc2)c1C. The third-order valence-corrected chi connectivity index (χ3v) is 6.55. The number of anilines is 2. The molecule has 3 aromatic rings. The molecule has 0 atom stereocenters. The molecule has 0 spiro atoms. The maximum absolute atomic E-state index is 13.2. The predicted octanol–water partition coefficient (Wildman–Crippen LogP) is 5.42. The molecule has 0 aliphatic heterocycles. The predicted molar refractivity (Wildman–Crippen MR) is 138 cm³/mol. The summed E-state index contributed by atoms with van der Waals surface area (Å²) >= 11 is 6.87. The van der Waals surface area contributed by atoms with Crippen LogP contribution in [0.15, 0.2) is 36.4 Å². The Morgan fingerprint density at radius 1 is 0.917 bits per heavy atom. The lowest BCUT2D eigenvalue weighted by molar-refractivity contribution is 0.0527. The minimum absolute atomic E-state index is 0.101. The first-order valence-electron chi connectivity index (χ1n) is 10.7. The molecule has 0 fully saturated rings. The molecule has 36 heavy (non-hydrogen) atoms. The quantitative estimate of drug-likeness (QED) is 0.354. The van der Waals surface area contributed by atoms with Gasteiger partial charge in [0.2, 0.25) is 5.75 Å². The van der Waals surface area contributed by atoms with Crippen LogP contribution in [0.2, 0.25) is 5.02 Å². The average molecular weight is 533 g/mol. The summed E-state index contributed by atoms with van der Waals surface area (Å²) in [6.45, 7) is 3.41. The molecule has 11 heteroatoms. The van der Waals surface area contributed by atoms with E-state index in [1.165, 1.54) is 33.5 Å². The minimum Gasteiger partial charge on any atom is -0.493 e. The number of benzene rings is 2. The Bertz CT molecular complexity index is 1260. The van der Waals surface area contributed by atoms with E-state index in [-0.39, 0.29) is 39.1 Å². The lowest BCUT2D eigenvalue weighted by atomic mass is 10.1. The number of amides is 2. The smallest absolute Gasteiger partial charge is 0.341 e. The molecule has 190 valence electrons. The van der Waals surface area contributed by atoms with Crippen LogP contribution in [0.4, 0.5) is 10.7 Å². The fourth-order valence-corrected chi connectivity index (χ4v) is 4.59. The zero-order chi connectivity index (χ0) is 26.4. The van der Waals surface area contributed by atoms with E-state index in [1.807, 2.05) is 0 Å². The first-order valence-corrected chi connectivity index (χ1v) is 11.9. The molecule has 1 aromatic heterocycles. The molecule has 0 saturated carbocycles. The third kappa shape index (κ3) is 5.72. The Hall–Kier alpha value is -3.76. The fraction of sp³-hybridized carbons (Fsp3) is 0.240. The molecule has 0 aliphatic carbocycles. The van der Waals surface area contributed by atoms with Crippen LogP contribution in [-0.4, -0.2) is 45.7 Å². The Morgan fingerprint density at radius 3 is 2.06 bits per heavy atom. The van der Waals surface area contributed by atoms with Crippen molar-refractivity contribution in [2.75, 3.05) is 38.6 Å². The number of nitrogens with one attached hydrogen (secondary N) is 2. The number of hydrogen-bond donors (Lipinski definition) is 2. The minimum atomic E-state index is -0.656. The highest BCUT2D eigenvalue weighted by atomic mass is 35.5. The van der Waals surface area contributed by atoms with Crippen LogP contribution in [0.5, 0.6) is 17.2 Å². The number of rotatable bonds is 9. The Morgan fingerprint density at radius 2 is 1.53 bits per heavy atom. The van der Waals surface area contributed by atoms with Gasteiger partial charge in [0.15, 0.2) is 11.5 Å². The number of methoxy groups -OCH3 is 3. The third-order valence-electron chi connectivity index (χ3n) is 5.09. The number of thiophene rings is 1. The van der Waals surface area contributed by atoms with Crippen LogP contribution in [0.1, 0.15) is 42.9 Å². The van der Waals surface area contributed by atoms with Gasteiger partial charge in [0, 0.05) is 16.3 Å². The number of carbonyl (C=O) groups excluding carboxylic acids is 3. The number of hydrogen-bond acceptors (Lipinski definition) is 8. The van der Waals surface area contributed by atoms with Crippen LogP contribution in [0.3, 0.4) is 0 Å². The van der Waals surface area contributed by atoms with Crippen molar-refractivity contribution in [2.24, 2.45) is 0 Å². The second-order valence-corrected chi connectivity index (χ2v) is 8.77. The standard InChI is InChI=1S/C25H25ClN2O7S/c1-6-35-25(31)19-13(2)21(23(30)27-16-9-7-15(26)8-10-16)36-24(19)28-22(29)14-11-17(32-3)20(34-5)18(12-14)33-4/h7-12H,6H2,1-5H3,(H,27,30)(H,28,29). The van der Waals surface area contributed by atoms with Crippen molar-refractivity contribution in [1.29, 1.82) is 0 Å². The maximum Gasteiger partial charge on any atom is 0.341 e. The van der Waals surface area contributed by atoms with E-state index in [9.17, 15) is 14.4 Å². The normalized spacial score (nSPS) is 10.4. The van der Waals surface area contributed by atoms with Crippen molar-refractivity contribution < 1.29 is 33.3 Å². The first-order chi connectivity index (χ1) is 17.2. The topological polar surface area (TPSA) is 112 Å². The zero-order valence-corrected chi connectivity index (χ0v) is 21.9. The molecule has 9 nitrogen and oxygen atoms in total. The monoisotopic (exact) mass is 532 g/mol. The molecule has 0 saturated heterocycles. The summed E-state index contributed by atoms with van der Waals surface area (Å²) in [4.78, 5) is 39.2. The van der Waals surface area contributed by atoms with Gasteiger partial charge in [-0.25, -0.2) is 4.79 Å². The molecule has 2 aromatic carbocycles. The van der Waals surface area contributed by atoms with E-state index < -0.39 is 17.8 Å². The molecule has 0 aliphatic rings. The van der Waals surface area contributed by atoms with Crippen LogP contribution in [0.25, 0.3) is 0 Å². The van der Waals surface area contributed by atoms with Gasteiger partial charge in [-0.3, -0.25) is 9.59 Å². The van der Waals surface area contributed by atoms with Crippen molar-refractivity contribution in [3.8, 4) is 17.2 Å². The van der Waals surface area contributed by atoms with E-state index in [2.05, 4.69) is 10.6 Å². The van der Waals surface area contributed by atoms with Crippen LogP contribution in [0, 0.1) is 6.92 Å². The summed E-state index contributed by atoms with van der Waals surface area (Å²) in [7, 11) is 4.33. The Balaban J connectivity index is 1.98. The summed E-state index contributed by atoms with van der Waals surface area (Å²) in [5.41, 5.74) is 1.20. The van der Waals surface area contributed by atoms with Gasteiger partial charge in [-0.2, -0.15) is 0 Å². The largest absolute Gasteiger partial charge is 0.493 e. The fourth-order valence-electron chi connectivity index (χ4n) is 3.38. The average Bonchev–Trinajstić information content (AvgIpc) is 3.20. The Labute approximate surface area is 217 Å². The van der Waals surface area contributed by atoms with Crippen molar-refractivity contribution >= 4 is 51.4 Å². The molecule has 0 radical (unpaired) electrons. The molecule has 3 rings (SSSR count). The highest BCUT2D eigenvalue weighted by Crippen LogP contribution is 2.39. The number of halogens is 1. The maximum atomic E-state index is 13.2. The summed E-state index contributed by atoms with van der Waals surface area (Å²) in [6, 6.07) is 9.56. The molecular weight excluding hydrogens is 508 g/mol. The molecule has 1 heterocycles. The number of ether oxygens (including phenoxy) is 4. The van der Waals surface area contributed by atoms with E-state index >= 15 is 0 Å². The van der Waals surface area contributed by atoms with Gasteiger partial charge in [0.1, 0.15) is 5.00 Å². The highest BCUT2D eigenvalue weighted by molar-refractivity contribution is 7.19. The highest BCUT2D eigenvalue weighted by Gasteiger charge is 2.27. The van der Waals surface area contributed by atoms with Gasteiger partial charge in [0.25, 0.3) is 11.8 Å². The van der Waals surface area contributed by atoms with Gasteiger partial charge in [-0.05, 0) is 55.8 Å². The van der Waals surface area contributed by atoms with E-state index in [0.717, 1.165) is 11.3 Å².